The molecule has 16 heavy (non-hydrogen) atoms. The van der Waals surface area contributed by atoms with Crippen LogP contribution in [-0.2, 0) is 4.79 Å². The molecule has 0 aromatic heterocycles. The maximum absolute atomic E-state index is 11.8. The summed E-state index contributed by atoms with van der Waals surface area (Å²) in [5, 5.41) is 5.05. The summed E-state index contributed by atoms with van der Waals surface area (Å²) in [6, 6.07) is -0.869. The fraction of sp³-hybridized carbons (Fsp3) is 0.625. The van der Waals surface area contributed by atoms with E-state index in [1.54, 1.807) is 13.6 Å². The number of hydrogen-bond donors (Lipinski definition) is 2. The molecule has 1 saturated heterocycles. The summed E-state index contributed by atoms with van der Waals surface area (Å²) in [4.78, 5) is 35.4. The van der Waals surface area contributed by atoms with Crippen LogP contribution in [0.5, 0.6) is 0 Å². The van der Waals surface area contributed by atoms with Gasteiger partial charge in [0.2, 0.25) is 5.91 Å². The van der Waals surface area contributed by atoms with Crippen molar-refractivity contribution in [1.29, 1.82) is 0 Å². The highest BCUT2D eigenvalue weighted by molar-refractivity contribution is 7.35. The highest BCUT2D eigenvalue weighted by atomic mass is 31.1. The molecule has 2 N–H and O–H groups in total. The molecule has 1 heterocycles. The lowest BCUT2D eigenvalue weighted by atomic mass is 10.5. The second kappa shape index (κ2) is 5.12. The van der Waals surface area contributed by atoms with Crippen LogP contribution in [0.2, 0.25) is 0 Å². The minimum absolute atomic E-state index is 0.159. The lowest BCUT2D eigenvalue weighted by Crippen LogP contribution is -2.67. The lowest BCUT2D eigenvalue weighted by Gasteiger charge is -2.39. The predicted octanol–water partition coefficient (Wildman–Crippen LogP) is 0.0965. The minimum atomic E-state index is -0.747. The Morgan fingerprint density at radius 2 is 2.19 bits per heavy atom. The molecular weight excluding hydrogens is 231 g/mol. The van der Waals surface area contributed by atoms with Gasteiger partial charge in [0.1, 0.15) is 0 Å². The lowest BCUT2D eigenvalue weighted by molar-refractivity contribution is -0.120. The van der Waals surface area contributed by atoms with E-state index in [0.717, 1.165) is 4.90 Å². The van der Waals surface area contributed by atoms with Gasteiger partial charge in [-0.05, 0) is 22.3 Å². The van der Waals surface area contributed by atoms with Gasteiger partial charge in [0.15, 0.2) is 6.29 Å². The smallest absolute Gasteiger partial charge is 0.319 e. The van der Waals surface area contributed by atoms with Crippen LogP contribution in [0.25, 0.3) is 0 Å². The van der Waals surface area contributed by atoms with Crippen LogP contribution in [0.3, 0.4) is 0 Å². The molecule has 2 atom stereocenters. The van der Waals surface area contributed by atoms with Gasteiger partial charge in [-0.3, -0.25) is 14.8 Å². The number of rotatable bonds is 3. The number of hydrogen-bond acceptors (Lipinski definition) is 3. The van der Waals surface area contributed by atoms with Gasteiger partial charge in [-0.15, -0.1) is 0 Å². The van der Waals surface area contributed by atoms with Crippen molar-refractivity contribution in [3.05, 3.63) is 0 Å². The maximum Gasteiger partial charge on any atom is 0.334 e. The Morgan fingerprint density at radius 3 is 2.62 bits per heavy atom. The number of nitrogens with one attached hydrogen (secondary N) is 2. The Bertz CT molecular complexity index is 322. The van der Waals surface area contributed by atoms with Crippen LogP contribution in [-0.4, -0.2) is 47.0 Å². The van der Waals surface area contributed by atoms with Gasteiger partial charge in [-0.25, -0.2) is 14.5 Å². The monoisotopic (exact) mass is 246 g/mol. The van der Waals surface area contributed by atoms with Crippen molar-refractivity contribution in [3.8, 4) is 0 Å². The van der Waals surface area contributed by atoms with E-state index in [4.69, 9.17) is 0 Å². The largest absolute Gasteiger partial charge is 0.334 e. The number of imide groups is 1. The molecule has 90 valence electrons. The van der Waals surface area contributed by atoms with Crippen LogP contribution in [0.15, 0.2) is 0 Å². The van der Waals surface area contributed by atoms with Crippen LogP contribution < -0.4 is 10.6 Å². The molecule has 0 saturated carbocycles. The first-order chi connectivity index (χ1) is 7.51. The number of urea groups is 2. The summed E-state index contributed by atoms with van der Waals surface area (Å²) < 4.78 is 1.41. The molecule has 5 amide bonds. The molecule has 0 aliphatic carbocycles. The van der Waals surface area contributed by atoms with Crippen molar-refractivity contribution in [3.63, 3.8) is 0 Å². The van der Waals surface area contributed by atoms with Crippen molar-refractivity contribution < 1.29 is 14.4 Å². The van der Waals surface area contributed by atoms with E-state index >= 15 is 0 Å². The molecule has 0 aromatic carbocycles. The van der Waals surface area contributed by atoms with Gasteiger partial charge in [0.25, 0.3) is 0 Å². The number of carbonyl (C=O) groups is 3. The first-order valence-corrected chi connectivity index (χ1v) is 6.31. The minimum Gasteiger partial charge on any atom is -0.319 e. The first kappa shape index (κ1) is 12.7. The maximum atomic E-state index is 11.8. The SMILES string of the molecule is CCN1C(=O)NC(NC(C)=O)N(PC)C1=O. The molecule has 0 aromatic rings. The third-order valence-corrected chi connectivity index (χ3v) is 3.03. The van der Waals surface area contributed by atoms with Crippen molar-refractivity contribution in [2.45, 2.75) is 20.1 Å². The average molecular weight is 246 g/mol. The molecule has 8 heteroatoms. The zero-order valence-corrected chi connectivity index (χ0v) is 10.4. The van der Waals surface area contributed by atoms with Crippen molar-refractivity contribution in [2.75, 3.05) is 13.2 Å². The van der Waals surface area contributed by atoms with E-state index in [0.29, 0.717) is 6.54 Å². The zero-order chi connectivity index (χ0) is 12.3. The van der Waals surface area contributed by atoms with Crippen molar-refractivity contribution in [1.82, 2.24) is 20.2 Å². The predicted molar refractivity (Wildman–Crippen MR) is 60.0 cm³/mol. The van der Waals surface area contributed by atoms with E-state index in [9.17, 15) is 14.4 Å². The summed E-state index contributed by atoms with van der Waals surface area (Å²) in [5.41, 5.74) is 0. The van der Waals surface area contributed by atoms with Crippen LogP contribution in [0.1, 0.15) is 13.8 Å². The fourth-order valence-electron chi connectivity index (χ4n) is 1.38. The van der Waals surface area contributed by atoms with Crippen molar-refractivity contribution >= 4 is 26.7 Å². The van der Waals surface area contributed by atoms with E-state index in [1.807, 2.05) is 0 Å². The number of amides is 5. The first-order valence-electron chi connectivity index (χ1n) is 4.87. The molecule has 1 fully saturated rings. The highest BCUT2D eigenvalue weighted by Gasteiger charge is 2.36. The Labute approximate surface area is 95.4 Å². The van der Waals surface area contributed by atoms with E-state index in [2.05, 4.69) is 10.6 Å². The standard InChI is InChI=1S/C8H15N4O3P/c1-4-11-7(14)10-6(9-5(2)13)12(16-3)8(11)15/h6,16H,4H2,1-3H3,(H,9,13)(H,10,14). The Kier molecular flexibility index (Phi) is 4.06. The molecular formula is C8H15N4O3P. The summed E-state index contributed by atoms with van der Waals surface area (Å²) in [5.74, 6) is -0.300. The quantitative estimate of drug-likeness (QED) is 0.693. The van der Waals surface area contributed by atoms with Gasteiger partial charge in [-0.2, -0.15) is 0 Å². The van der Waals surface area contributed by atoms with Crippen LogP contribution in [0.4, 0.5) is 9.59 Å². The second-order valence-corrected chi connectivity index (χ2v) is 4.10. The van der Waals surface area contributed by atoms with Crippen LogP contribution in [0, 0.1) is 0 Å². The van der Waals surface area contributed by atoms with E-state index < -0.39 is 12.3 Å². The molecule has 1 rings (SSSR count). The highest BCUT2D eigenvalue weighted by Crippen LogP contribution is 2.21. The average Bonchev–Trinajstić information content (AvgIpc) is 2.17. The fourth-order valence-corrected chi connectivity index (χ4v) is 2.08. The molecule has 0 radical (unpaired) electrons. The van der Waals surface area contributed by atoms with E-state index in [-0.39, 0.29) is 20.7 Å². The third kappa shape index (κ3) is 2.41. The Balaban J connectivity index is 2.85. The molecule has 0 spiro atoms. The van der Waals surface area contributed by atoms with Gasteiger partial charge in [0, 0.05) is 13.5 Å². The zero-order valence-electron chi connectivity index (χ0n) is 9.40. The van der Waals surface area contributed by atoms with Crippen LogP contribution >= 0.6 is 8.73 Å². The van der Waals surface area contributed by atoms with Gasteiger partial charge in [0.05, 0.1) is 0 Å². The van der Waals surface area contributed by atoms with Gasteiger partial charge in [-0.1, -0.05) is 0 Å². The molecule has 7 nitrogen and oxygen atoms in total. The topological polar surface area (TPSA) is 81.8 Å². The van der Waals surface area contributed by atoms with Gasteiger partial charge >= 0.3 is 12.1 Å². The number of carbonyl (C=O) groups excluding carboxylic acids is 3. The summed E-state index contributed by atoms with van der Waals surface area (Å²) in [7, 11) is 0.159. The second-order valence-electron chi connectivity index (χ2n) is 3.17. The number of nitrogens with zero attached hydrogens (tertiary/aromatic N) is 2. The normalized spacial score (nSPS) is 21.6. The van der Waals surface area contributed by atoms with E-state index in [1.165, 1.54) is 11.6 Å². The summed E-state index contributed by atoms with van der Waals surface area (Å²) >= 11 is 0. The summed E-state index contributed by atoms with van der Waals surface area (Å²) in [6.45, 7) is 5.16. The molecule has 0 bridgehead atoms. The van der Waals surface area contributed by atoms with Gasteiger partial charge < -0.3 is 5.32 Å². The van der Waals surface area contributed by atoms with Crippen molar-refractivity contribution in [2.24, 2.45) is 0 Å². The molecule has 2 unspecified atom stereocenters. The Morgan fingerprint density at radius 1 is 1.56 bits per heavy atom. The third-order valence-electron chi connectivity index (χ3n) is 2.10. The molecule has 1 aliphatic heterocycles. The summed E-state index contributed by atoms with van der Waals surface area (Å²) in [6.07, 6.45) is -0.747. The Hall–Kier alpha value is -1.36. The molecule has 1 aliphatic rings.